The normalized spacial score (nSPS) is 20.4. The zero-order valence-corrected chi connectivity index (χ0v) is 26.3. The summed E-state index contributed by atoms with van der Waals surface area (Å²) < 4.78 is 14.7. The highest BCUT2D eigenvalue weighted by molar-refractivity contribution is 7.99. The van der Waals surface area contributed by atoms with Crippen LogP contribution in [0.5, 0.6) is 0 Å². The molecule has 0 bridgehead atoms. The van der Waals surface area contributed by atoms with Gasteiger partial charge in [-0.2, -0.15) is 0 Å². The summed E-state index contributed by atoms with van der Waals surface area (Å²) >= 11 is 1.53. The lowest BCUT2D eigenvalue weighted by atomic mass is 9.91. The van der Waals surface area contributed by atoms with Crippen molar-refractivity contribution in [2.45, 2.75) is 63.1 Å². The largest absolute Gasteiger partial charge is 0.392 e. The fourth-order valence-electron chi connectivity index (χ4n) is 5.14. The number of rotatable bonds is 12. The van der Waals surface area contributed by atoms with Gasteiger partial charge in [0.2, 0.25) is 5.16 Å². The van der Waals surface area contributed by atoms with Crippen LogP contribution in [0.3, 0.4) is 0 Å². The lowest BCUT2D eigenvalue weighted by Gasteiger charge is -2.41. The standard InChI is InChI=1S/C33H38N6O5S/c1-21-29(20-45-33-36-37-38-39(33)3)43-31(44-30(21)26-13-11-25(19-40)12-14-26)27-15-9-24(10-16-27)18-34-32(42)35-28(22(2)41)17-23-7-5-4-6-8-23/h4-16,21,28-31,40H,17-20H2,1-3H3,(H2,34,35,42)/t21-,28+,29+,30+,31?/m0/s1. The Morgan fingerprint density at radius 1 is 0.956 bits per heavy atom. The Morgan fingerprint density at radius 2 is 1.64 bits per heavy atom. The van der Waals surface area contributed by atoms with Gasteiger partial charge in [0.1, 0.15) is 0 Å². The average Bonchev–Trinajstić information content (AvgIpc) is 3.48. The molecule has 236 valence electrons. The third-order valence-corrected chi connectivity index (χ3v) is 8.96. The number of aryl methyl sites for hydroxylation is 1. The topological polar surface area (TPSA) is 140 Å². The summed E-state index contributed by atoms with van der Waals surface area (Å²) in [6.45, 7) is 3.85. The predicted molar refractivity (Wildman–Crippen MR) is 169 cm³/mol. The Kier molecular flexibility index (Phi) is 11.0. The van der Waals surface area contributed by atoms with Crippen LogP contribution in [0.25, 0.3) is 0 Å². The molecule has 5 rings (SSSR count). The minimum Gasteiger partial charge on any atom is -0.392 e. The number of ether oxygens (including phenoxy) is 2. The minimum absolute atomic E-state index is 0.0219. The predicted octanol–water partition coefficient (Wildman–Crippen LogP) is 4.29. The van der Waals surface area contributed by atoms with Gasteiger partial charge in [0.05, 0.1) is 24.9 Å². The highest BCUT2D eigenvalue weighted by atomic mass is 32.2. The van der Waals surface area contributed by atoms with Gasteiger partial charge < -0.3 is 25.2 Å². The number of carbonyl (C=O) groups is 2. The number of aliphatic hydroxyl groups is 1. The average molecular weight is 631 g/mol. The second-order valence-corrected chi connectivity index (χ2v) is 12.1. The smallest absolute Gasteiger partial charge is 0.315 e. The molecule has 1 aliphatic rings. The first kappa shape index (κ1) is 32.3. The summed E-state index contributed by atoms with van der Waals surface area (Å²) in [7, 11) is 1.80. The van der Waals surface area contributed by atoms with Crippen molar-refractivity contribution in [2.75, 3.05) is 5.75 Å². The van der Waals surface area contributed by atoms with Crippen molar-refractivity contribution in [3.63, 3.8) is 0 Å². The second kappa shape index (κ2) is 15.3. The molecule has 0 spiro atoms. The fraction of sp³-hybridized carbons (Fsp3) is 0.364. The number of amides is 2. The number of urea groups is 1. The third kappa shape index (κ3) is 8.54. The van der Waals surface area contributed by atoms with Crippen molar-refractivity contribution in [3.8, 4) is 0 Å². The number of nitrogens with zero attached hydrogens (tertiary/aromatic N) is 4. The summed E-state index contributed by atoms with van der Waals surface area (Å²) in [6, 6.07) is 24.1. The second-order valence-electron chi connectivity index (χ2n) is 11.1. The number of Topliss-reactive ketones (excluding diaryl/α,β-unsaturated/α-hetero) is 1. The molecule has 0 radical (unpaired) electrons. The van der Waals surface area contributed by atoms with Gasteiger partial charge in [-0.3, -0.25) is 4.79 Å². The SMILES string of the molecule is CC(=O)[C@@H](Cc1ccccc1)NC(=O)NCc1ccc(C2O[C@H](CSc3nnnn3C)[C@H](C)[C@H](c3ccc(CO)cc3)O2)cc1. The number of aliphatic hydroxyl groups excluding tert-OH is 1. The van der Waals surface area contributed by atoms with E-state index in [0.717, 1.165) is 27.8 Å². The minimum atomic E-state index is -0.619. The van der Waals surface area contributed by atoms with Crippen molar-refractivity contribution >= 4 is 23.6 Å². The summed E-state index contributed by atoms with van der Waals surface area (Å²) in [5, 5.41) is 27.6. The Morgan fingerprint density at radius 3 is 2.29 bits per heavy atom. The first-order valence-corrected chi connectivity index (χ1v) is 15.8. The molecule has 1 aliphatic heterocycles. The van der Waals surface area contributed by atoms with Crippen LogP contribution in [-0.2, 0) is 40.9 Å². The number of hydrogen-bond acceptors (Lipinski definition) is 9. The lowest BCUT2D eigenvalue weighted by Crippen LogP contribution is -2.46. The van der Waals surface area contributed by atoms with Gasteiger partial charge in [0.15, 0.2) is 12.1 Å². The first-order chi connectivity index (χ1) is 21.8. The van der Waals surface area contributed by atoms with Crippen molar-refractivity contribution in [3.05, 3.63) is 107 Å². The molecule has 0 aliphatic carbocycles. The molecule has 2 heterocycles. The van der Waals surface area contributed by atoms with E-state index in [1.165, 1.54) is 18.7 Å². The van der Waals surface area contributed by atoms with E-state index in [2.05, 4.69) is 33.1 Å². The Hall–Kier alpha value is -4.10. The van der Waals surface area contributed by atoms with E-state index in [4.69, 9.17) is 9.47 Å². The van der Waals surface area contributed by atoms with Crippen LogP contribution in [0.15, 0.2) is 84.0 Å². The van der Waals surface area contributed by atoms with Gasteiger partial charge in [0.25, 0.3) is 0 Å². The number of ketones is 1. The number of benzene rings is 3. The number of nitrogens with one attached hydrogen (secondary N) is 2. The Balaban J connectivity index is 1.23. The van der Waals surface area contributed by atoms with Crippen LogP contribution in [0.4, 0.5) is 4.79 Å². The molecule has 45 heavy (non-hydrogen) atoms. The number of tetrazole rings is 1. The lowest BCUT2D eigenvalue weighted by molar-refractivity contribution is -0.268. The highest BCUT2D eigenvalue weighted by Crippen LogP contribution is 2.42. The van der Waals surface area contributed by atoms with E-state index in [1.54, 1.807) is 11.7 Å². The van der Waals surface area contributed by atoms with E-state index in [9.17, 15) is 14.7 Å². The Bertz CT molecular complexity index is 1550. The molecule has 2 amide bonds. The molecule has 1 saturated heterocycles. The maximum absolute atomic E-state index is 12.6. The number of hydrogen-bond donors (Lipinski definition) is 3. The number of thioether (sulfide) groups is 1. The van der Waals surface area contributed by atoms with Gasteiger partial charge in [0, 0.05) is 30.8 Å². The third-order valence-electron chi connectivity index (χ3n) is 7.87. The molecule has 1 fully saturated rings. The van der Waals surface area contributed by atoms with Crippen molar-refractivity contribution in [1.82, 2.24) is 30.8 Å². The fourth-order valence-corrected chi connectivity index (χ4v) is 6.15. The van der Waals surface area contributed by atoms with E-state index < -0.39 is 18.4 Å². The molecule has 11 nitrogen and oxygen atoms in total. The maximum Gasteiger partial charge on any atom is 0.315 e. The van der Waals surface area contributed by atoms with Crippen LogP contribution in [-0.4, -0.2) is 55.0 Å². The van der Waals surface area contributed by atoms with Crippen LogP contribution in [0.2, 0.25) is 0 Å². The highest BCUT2D eigenvalue weighted by Gasteiger charge is 2.38. The zero-order valence-electron chi connectivity index (χ0n) is 25.5. The van der Waals surface area contributed by atoms with Gasteiger partial charge >= 0.3 is 6.03 Å². The van der Waals surface area contributed by atoms with Crippen molar-refractivity contribution in [1.29, 1.82) is 0 Å². The van der Waals surface area contributed by atoms with Crippen molar-refractivity contribution < 1.29 is 24.2 Å². The van der Waals surface area contributed by atoms with E-state index in [0.29, 0.717) is 17.3 Å². The van der Waals surface area contributed by atoms with Crippen LogP contribution in [0.1, 0.15) is 54.1 Å². The maximum atomic E-state index is 12.6. The van der Waals surface area contributed by atoms with Gasteiger partial charge in [-0.05, 0) is 46.0 Å². The summed E-state index contributed by atoms with van der Waals surface area (Å²) in [5.41, 5.74) is 4.56. The van der Waals surface area contributed by atoms with Gasteiger partial charge in [-0.15, -0.1) is 5.10 Å². The van der Waals surface area contributed by atoms with E-state index in [-0.39, 0.29) is 37.1 Å². The van der Waals surface area contributed by atoms with Crippen molar-refractivity contribution in [2.24, 2.45) is 13.0 Å². The molecular weight excluding hydrogens is 592 g/mol. The van der Waals surface area contributed by atoms with Crippen LogP contribution in [0, 0.1) is 5.92 Å². The summed E-state index contributed by atoms with van der Waals surface area (Å²) in [5.74, 6) is 0.550. The van der Waals surface area contributed by atoms with Gasteiger partial charge in [-0.1, -0.05) is 97.5 Å². The van der Waals surface area contributed by atoms with E-state index in [1.807, 2.05) is 78.9 Å². The van der Waals surface area contributed by atoms with Crippen LogP contribution < -0.4 is 10.6 Å². The molecule has 5 atom stereocenters. The molecular formula is C33H38N6O5S. The Labute approximate surface area is 266 Å². The zero-order chi connectivity index (χ0) is 31.8. The molecule has 3 N–H and O–H groups in total. The molecule has 12 heteroatoms. The molecule has 1 aromatic heterocycles. The van der Waals surface area contributed by atoms with Gasteiger partial charge in [-0.25, -0.2) is 9.48 Å². The molecule has 0 saturated carbocycles. The molecule has 4 aromatic rings. The number of carbonyl (C=O) groups excluding carboxylic acids is 2. The van der Waals surface area contributed by atoms with E-state index >= 15 is 0 Å². The number of aromatic nitrogens is 4. The summed E-state index contributed by atoms with van der Waals surface area (Å²) in [6.07, 6.45) is -0.593. The first-order valence-electron chi connectivity index (χ1n) is 14.8. The molecule has 1 unspecified atom stereocenters. The van der Waals surface area contributed by atoms with Crippen LogP contribution >= 0.6 is 11.8 Å². The monoisotopic (exact) mass is 630 g/mol. The molecule has 3 aromatic carbocycles. The summed E-state index contributed by atoms with van der Waals surface area (Å²) in [4.78, 5) is 24.8. The quantitative estimate of drug-likeness (QED) is 0.196.